The Balaban J connectivity index is 0.00000361. The molecule has 120 valence electrons. The van der Waals surface area contributed by atoms with E-state index in [1.165, 1.54) is 19.1 Å². The number of nitrogens with one attached hydrogen (secondary N) is 1. The first-order valence-corrected chi connectivity index (χ1v) is 9.19. The van der Waals surface area contributed by atoms with E-state index in [9.17, 15) is 8.42 Å². The van der Waals surface area contributed by atoms with E-state index in [1.807, 2.05) is 0 Å². The van der Waals surface area contributed by atoms with Crippen LogP contribution in [0, 0.1) is 5.92 Å². The number of sulfone groups is 1. The van der Waals surface area contributed by atoms with Crippen molar-refractivity contribution in [1.82, 2.24) is 10.2 Å². The first-order chi connectivity index (χ1) is 8.92. The number of nitrogens with zero attached hydrogens (tertiary/aromatic N) is 2. The lowest BCUT2D eigenvalue weighted by Crippen LogP contribution is -2.46. The number of rotatable bonds is 5. The monoisotopic (exact) mass is 417 g/mol. The molecule has 0 aliphatic carbocycles. The van der Waals surface area contributed by atoms with Crippen molar-refractivity contribution < 1.29 is 8.42 Å². The van der Waals surface area contributed by atoms with Gasteiger partial charge in [-0.1, -0.05) is 6.92 Å². The maximum absolute atomic E-state index is 11.1. The van der Waals surface area contributed by atoms with Crippen LogP contribution in [0.3, 0.4) is 0 Å². The molecule has 20 heavy (non-hydrogen) atoms. The second kappa shape index (κ2) is 9.81. The molecule has 5 nitrogen and oxygen atoms in total. The van der Waals surface area contributed by atoms with Crippen LogP contribution in [0.2, 0.25) is 0 Å². The first kappa shape index (κ1) is 19.9. The van der Waals surface area contributed by atoms with Gasteiger partial charge in [0.25, 0.3) is 0 Å². The molecule has 1 N–H and O–H groups in total. The molecule has 1 aliphatic rings. The fourth-order valence-corrected chi connectivity index (χ4v) is 2.97. The molecular weight excluding hydrogens is 389 g/mol. The van der Waals surface area contributed by atoms with E-state index in [0.717, 1.165) is 25.6 Å². The fraction of sp³-hybridized carbons (Fsp3) is 0.923. The van der Waals surface area contributed by atoms with Crippen molar-refractivity contribution >= 4 is 39.8 Å². The molecule has 1 heterocycles. The normalized spacial score (nSPS) is 20.4. The lowest BCUT2D eigenvalue weighted by Gasteiger charge is -2.33. The molecule has 1 aliphatic heterocycles. The highest BCUT2D eigenvalue weighted by atomic mass is 127. The van der Waals surface area contributed by atoms with E-state index < -0.39 is 9.84 Å². The SMILES string of the molecule is CCNC(=NCCCS(C)(=O)=O)N1CCCC(C)C1.I. The summed E-state index contributed by atoms with van der Waals surface area (Å²) >= 11 is 0. The average molecular weight is 417 g/mol. The molecule has 0 saturated carbocycles. The Kier molecular flexibility index (Phi) is 9.78. The molecule has 1 fully saturated rings. The Morgan fingerprint density at radius 3 is 2.70 bits per heavy atom. The van der Waals surface area contributed by atoms with Crippen molar-refractivity contribution in [3.8, 4) is 0 Å². The van der Waals surface area contributed by atoms with Crippen molar-refractivity contribution in [2.75, 3.05) is 38.2 Å². The lowest BCUT2D eigenvalue weighted by atomic mass is 10.0. The zero-order valence-corrected chi connectivity index (χ0v) is 15.9. The summed E-state index contributed by atoms with van der Waals surface area (Å²) in [6.07, 6.45) is 4.35. The van der Waals surface area contributed by atoms with Crippen LogP contribution in [0.4, 0.5) is 0 Å². The van der Waals surface area contributed by atoms with Crippen molar-refractivity contribution in [3.05, 3.63) is 0 Å². The van der Waals surface area contributed by atoms with Crippen molar-refractivity contribution in [2.24, 2.45) is 10.9 Å². The molecular formula is C13H28IN3O2S. The third kappa shape index (κ3) is 8.28. The Hall–Kier alpha value is -0.0500. The second-order valence-corrected chi connectivity index (χ2v) is 7.67. The van der Waals surface area contributed by atoms with Gasteiger partial charge in [-0.25, -0.2) is 8.42 Å². The zero-order valence-electron chi connectivity index (χ0n) is 12.8. The molecule has 1 rings (SSSR count). The van der Waals surface area contributed by atoms with E-state index in [2.05, 4.69) is 29.1 Å². The summed E-state index contributed by atoms with van der Waals surface area (Å²) in [5.74, 6) is 1.85. The van der Waals surface area contributed by atoms with E-state index >= 15 is 0 Å². The molecule has 1 atom stereocenters. The third-order valence-corrected chi connectivity index (χ3v) is 4.26. The highest BCUT2D eigenvalue weighted by molar-refractivity contribution is 14.0. The van der Waals surface area contributed by atoms with Crippen molar-refractivity contribution in [1.29, 1.82) is 0 Å². The predicted octanol–water partition coefficient (Wildman–Crippen LogP) is 1.74. The number of piperidine rings is 1. The van der Waals surface area contributed by atoms with Gasteiger partial charge >= 0.3 is 0 Å². The van der Waals surface area contributed by atoms with Crippen LogP contribution in [0.1, 0.15) is 33.1 Å². The van der Waals surface area contributed by atoms with Gasteiger partial charge in [-0.3, -0.25) is 4.99 Å². The third-order valence-electron chi connectivity index (χ3n) is 3.23. The summed E-state index contributed by atoms with van der Waals surface area (Å²) in [6.45, 7) is 7.81. The quantitative estimate of drug-likeness (QED) is 0.321. The first-order valence-electron chi connectivity index (χ1n) is 7.13. The van der Waals surface area contributed by atoms with E-state index in [1.54, 1.807) is 0 Å². The molecule has 0 aromatic heterocycles. The molecule has 0 aromatic rings. The molecule has 0 radical (unpaired) electrons. The molecule has 7 heteroatoms. The minimum Gasteiger partial charge on any atom is -0.357 e. The van der Waals surface area contributed by atoms with Crippen LogP contribution < -0.4 is 5.32 Å². The number of guanidine groups is 1. The second-order valence-electron chi connectivity index (χ2n) is 5.41. The van der Waals surface area contributed by atoms with Crippen LogP contribution in [0.15, 0.2) is 4.99 Å². The van der Waals surface area contributed by atoms with Gasteiger partial charge in [0.05, 0.1) is 5.75 Å². The standard InChI is InChI=1S/C13H27N3O2S.HI/c1-4-14-13(15-8-6-10-19(3,17)18)16-9-5-7-12(2)11-16;/h12H,4-11H2,1-3H3,(H,14,15);1H. The predicted molar refractivity (Wildman–Crippen MR) is 95.7 cm³/mol. The van der Waals surface area contributed by atoms with Crippen LogP contribution in [-0.4, -0.2) is 57.5 Å². The highest BCUT2D eigenvalue weighted by Gasteiger charge is 2.18. The van der Waals surface area contributed by atoms with Crippen LogP contribution in [-0.2, 0) is 9.84 Å². The largest absolute Gasteiger partial charge is 0.357 e. The van der Waals surface area contributed by atoms with Crippen LogP contribution in [0.25, 0.3) is 0 Å². The van der Waals surface area contributed by atoms with Gasteiger partial charge in [0.2, 0.25) is 0 Å². The van der Waals surface area contributed by atoms with E-state index in [4.69, 9.17) is 0 Å². The zero-order chi connectivity index (χ0) is 14.3. The maximum atomic E-state index is 11.1. The highest BCUT2D eigenvalue weighted by Crippen LogP contribution is 2.15. The maximum Gasteiger partial charge on any atom is 0.193 e. The minimum atomic E-state index is -2.87. The summed E-state index contributed by atoms with van der Waals surface area (Å²) in [7, 11) is -2.87. The van der Waals surface area contributed by atoms with Gasteiger partial charge in [0.1, 0.15) is 9.84 Å². The fourth-order valence-electron chi connectivity index (χ4n) is 2.32. The minimum absolute atomic E-state index is 0. The number of halogens is 1. The Morgan fingerprint density at radius 2 is 2.15 bits per heavy atom. The summed E-state index contributed by atoms with van der Waals surface area (Å²) in [6, 6.07) is 0. The van der Waals surface area contributed by atoms with Crippen molar-refractivity contribution in [3.63, 3.8) is 0 Å². The summed E-state index contributed by atoms with van der Waals surface area (Å²) in [4.78, 5) is 6.83. The summed E-state index contributed by atoms with van der Waals surface area (Å²) in [5, 5.41) is 3.30. The molecule has 0 aromatic carbocycles. The number of hydrogen-bond donors (Lipinski definition) is 1. The molecule has 1 unspecified atom stereocenters. The Morgan fingerprint density at radius 1 is 1.45 bits per heavy atom. The van der Waals surface area contributed by atoms with Crippen LogP contribution in [0.5, 0.6) is 0 Å². The molecule has 0 amide bonds. The number of aliphatic imine (C=N–C) groups is 1. The Bertz CT molecular complexity index is 398. The number of likely N-dealkylation sites (tertiary alicyclic amines) is 1. The Labute approximate surface area is 140 Å². The number of hydrogen-bond acceptors (Lipinski definition) is 3. The average Bonchev–Trinajstić information content (AvgIpc) is 2.32. The van der Waals surface area contributed by atoms with Gasteiger partial charge in [0, 0.05) is 32.4 Å². The van der Waals surface area contributed by atoms with Crippen molar-refractivity contribution in [2.45, 2.75) is 33.1 Å². The molecule has 0 bridgehead atoms. The van der Waals surface area contributed by atoms with Gasteiger partial charge in [-0.15, -0.1) is 24.0 Å². The van der Waals surface area contributed by atoms with Gasteiger partial charge in [-0.05, 0) is 32.1 Å². The van der Waals surface area contributed by atoms with E-state index in [0.29, 0.717) is 18.9 Å². The molecule has 0 spiro atoms. The van der Waals surface area contributed by atoms with E-state index in [-0.39, 0.29) is 29.7 Å². The topological polar surface area (TPSA) is 61.8 Å². The summed E-state index contributed by atoms with van der Waals surface area (Å²) in [5.41, 5.74) is 0. The van der Waals surface area contributed by atoms with Gasteiger partial charge in [-0.2, -0.15) is 0 Å². The van der Waals surface area contributed by atoms with Gasteiger partial charge < -0.3 is 10.2 Å². The van der Waals surface area contributed by atoms with Gasteiger partial charge in [0.15, 0.2) is 5.96 Å². The summed E-state index contributed by atoms with van der Waals surface area (Å²) < 4.78 is 22.1. The van der Waals surface area contributed by atoms with Crippen LogP contribution >= 0.6 is 24.0 Å². The smallest absolute Gasteiger partial charge is 0.193 e. The molecule has 1 saturated heterocycles. The lowest BCUT2D eigenvalue weighted by molar-refractivity contribution is 0.266.